The van der Waals surface area contributed by atoms with Crippen LogP contribution in [0.25, 0.3) is 0 Å². The summed E-state index contributed by atoms with van der Waals surface area (Å²) in [4.78, 5) is 82.2. The minimum absolute atomic E-state index is 0.00233. The van der Waals surface area contributed by atoms with Crippen LogP contribution in [0.15, 0.2) is 68.1 Å². The highest BCUT2D eigenvalue weighted by Crippen LogP contribution is 2.38. The molecule has 0 amide bonds. The first-order valence-electron chi connectivity index (χ1n) is 59.2. The Morgan fingerprint density at radius 3 is 0.784 bits per heavy atom. The highest BCUT2D eigenvalue weighted by molar-refractivity contribution is 5.10. The van der Waals surface area contributed by atoms with Crippen molar-refractivity contribution in [1.82, 2.24) is 50.5 Å². The summed E-state index contributed by atoms with van der Waals surface area (Å²) in [6.07, 6.45) is 113. The molecule has 0 fully saturated rings. The van der Waals surface area contributed by atoms with E-state index in [2.05, 4.69) is 172 Å². The maximum absolute atomic E-state index is 11.3. The smallest absolute Gasteiger partial charge is 0.413 e. The van der Waals surface area contributed by atoms with Gasteiger partial charge in [0.15, 0.2) is 23.3 Å². The molecule has 0 aliphatic rings. The van der Waals surface area contributed by atoms with E-state index in [4.69, 9.17) is 8.83 Å². The summed E-state index contributed by atoms with van der Waals surface area (Å²) in [5.74, 6) is 2.26. The third-order valence-corrected chi connectivity index (χ3v) is 29.9. The van der Waals surface area contributed by atoms with Crippen molar-refractivity contribution in [3.05, 3.63) is 111 Å². The predicted octanol–water partition coefficient (Wildman–Crippen LogP) is 36.3. The largest absolute Gasteiger partial charge is 0.438 e. The zero-order chi connectivity index (χ0) is 102. The average Bonchev–Trinajstić information content (AvgIpc) is 1.71. The second-order valence-corrected chi connectivity index (χ2v) is 42.8. The summed E-state index contributed by atoms with van der Waals surface area (Å²) >= 11 is 0. The number of rotatable bonds is 88. The van der Waals surface area contributed by atoms with Gasteiger partial charge in [0.1, 0.15) is 11.5 Å². The Morgan fingerprint density at radius 1 is 0.252 bits per heavy atom. The van der Waals surface area contributed by atoms with Crippen molar-refractivity contribution in [3.63, 3.8) is 0 Å². The standard InChI is InChI=1S/C22H41NO2.C21H39NO2.C20H38N2O2.C19H36N2O2.C18H34N2O2.C17H32N2O2/c1-4-7-8-9-10-11-12-13-14-15-16-17-18-22(5-2,6-3)20-19-23-21(24)25-20;1-4-6-7-8-9-10-11-12-13-14-15-16-17-21(3,5-2)19-18-22-20(23)24-19;1-4-6-7-8-9-10-11-12-13-14-15-16-17-20(3,5-2)18-21-19(23)24-22-18;1-4-5-6-7-8-9-10-11-12-13-14-15-16-19(2,3)17-20-18(22)23-21-17;1-3-4-5-6-7-8-9-10-11-12-13-14-15-16(2)17-19-18(21)22-20-17;1-2-3-4-5-6-7-8-9-10-11-12-13-14-15-16-18-17(20)21-19-16/h19H,4-18H2,1-3H3,(H,23,24);18H,4-17H2,1-3H3,(H,22,23);4-17H2,1-3H3,(H,21,22,23);4-16H2,1-3H3,(H,20,21,22);16H,3-15H2,1-2H3,(H,19,20,21);2-15H2,1H3,(H,18,19,20). The van der Waals surface area contributed by atoms with Crippen molar-refractivity contribution in [2.24, 2.45) is 0 Å². The summed E-state index contributed by atoms with van der Waals surface area (Å²) in [5.41, 5.74) is -0.134. The van der Waals surface area contributed by atoms with Gasteiger partial charge in [0.25, 0.3) is 0 Å². The van der Waals surface area contributed by atoms with E-state index in [9.17, 15) is 28.8 Å². The lowest BCUT2D eigenvalue weighted by molar-refractivity contribution is 0.276. The molecule has 6 heterocycles. The quantitative estimate of drug-likeness (QED) is 0.0193. The van der Waals surface area contributed by atoms with Crippen molar-refractivity contribution in [2.45, 2.75) is 664 Å². The number of hydrogen-bond acceptors (Lipinski definition) is 16. The van der Waals surface area contributed by atoms with Crippen molar-refractivity contribution in [2.75, 3.05) is 0 Å². The van der Waals surface area contributed by atoms with Gasteiger partial charge < -0.3 is 8.83 Å². The maximum atomic E-state index is 11.3. The first-order chi connectivity index (χ1) is 67.5. The van der Waals surface area contributed by atoms with Crippen LogP contribution in [0.1, 0.15) is 671 Å². The molecule has 0 aliphatic carbocycles. The molecular formula is C117H220N10O12. The molecule has 0 aliphatic heterocycles. The molecule has 0 bridgehead atoms. The zero-order valence-corrected chi connectivity index (χ0v) is 93.1. The molecule has 22 heteroatoms. The lowest BCUT2D eigenvalue weighted by atomic mass is 9.76. The molecule has 139 heavy (non-hydrogen) atoms. The first-order valence-corrected chi connectivity index (χ1v) is 59.2. The molecule has 0 spiro atoms. The molecule has 22 nitrogen and oxygen atoms in total. The number of aromatic amines is 6. The molecule has 0 aromatic carbocycles. The van der Waals surface area contributed by atoms with Crippen LogP contribution in [-0.2, 0) is 28.1 Å². The van der Waals surface area contributed by atoms with Gasteiger partial charge in [-0.05, 0) is 64.2 Å². The van der Waals surface area contributed by atoms with Crippen molar-refractivity contribution < 1.29 is 26.9 Å². The Balaban J connectivity index is 0.000000835. The Hall–Kier alpha value is -6.22. The van der Waals surface area contributed by atoms with Crippen molar-refractivity contribution in [1.29, 1.82) is 0 Å². The molecule has 3 unspecified atom stereocenters. The number of H-pyrrole nitrogens is 6. The first kappa shape index (κ1) is 131. The Morgan fingerprint density at radius 2 is 0.511 bits per heavy atom. The second kappa shape index (κ2) is 90.5. The van der Waals surface area contributed by atoms with Crippen LogP contribution >= 0.6 is 0 Å². The molecule has 0 saturated carbocycles. The van der Waals surface area contributed by atoms with Crippen LogP contribution in [0, 0.1) is 0 Å². The predicted molar refractivity (Wildman–Crippen MR) is 584 cm³/mol. The molecular weight excluding hydrogens is 1740 g/mol. The number of oxazole rings is 2. The number of hydrogen-bond donors (Lipinski definition) is 6. The normalized spacial score (nSPS) is 12.6. The summed E-state index contributed by atoms with van der Waals surface area (Å²) in [6, 6.07) is 0. The summed E-state index contributed by atoms with van der Waals surface area (Å²) in [7, 11) is 0. The molecule has 6 rings (SSSR count). The Bertz CT molecular complexity index is 3840. The highest BCUT2D eigenvalue weighted by atomic mass is 16.5. The Kier molecular flexibility index (Phi) is 85.2. The number of nitrogens with one attached hydrogen (secondary N) is 6. The van der Waals surface area contributed by atoms with E-state index in [1.54, 1.807) is 12.4 Å². The van der Waals surface area contributed by atoms with E-state index in [0.717, 1.165) is 82.1 Å². The van der Waals surface area contributed by atoms with E-state index in [1.165, 1.54) is 462 Å². The van der Waals surface area contributed by atoms with Crippen LogP contribution in [-0.4, -0.2) is 50.5 Å². The second-order valence-electron chi connectivity index (χ2n) is 42.8. The summed E-state index contributed by atoms with van der Waals surface area (Å²) in [5, 5.41) is 15.1. The Labute approximate surface area is 847 Å². The average molecular weight is 1960 g/mol. The third-order valence-electron chi connectivity index (χ3n) is 29.9. The van der Waals surface area contributed by atoms with Crippen LogP contribution in [0.4, 0.5) is 0 Å². The van der Waals surface area contributed by atoms with Crippen LogP contribution in [0.5, 0.6) is 0 Å². The number of nitrogens with zero attached hydrogens (tertiary/aromatic N) is 4. The highest BCUT2D eigenvalue weighted by Gasteiger charge is 2.33. The van der Waals surface area contributed by atoms with Crippen LogP contribution in [0.2, 0.25) is 0 Å². The molecule has 810 valence electrons. The zero-order valence-electron chi connectivity index (χ0n) is 93.1. The molecule has 6 N–H and O–H groups in total. The van der Waals surface area contributed by atoms with Gasteiger partial charge in [-0.25, -0.2) is 28.8 Å². The molecule has 0 radical (unpaired) electrons. The number of unbranched alkanes of at least 4 members (excludes halogenated alkanes) is 67. The molecule has 0 saturated heterocycles. The minimum atomic E-state index is -0.456. The van der Waals surface area contributed by atoms with Gasteiger partial charge >= 0.3 is 34.5 Å². The van der Waals surface area contributed by atoms with Gasteiger partial charge in [-0.2, -0.15) is 0 Å². The van der Waals surface area contributed by atoms with E-state index >= 15 is 0 Å². The lowest BCUT2D eigenvalue weighted by Crippen LogP contribution is -2.24. The van der Waals surface area contributed by atoms with Gasteiger partial charge in [0.2, 0.25) is 0 Å². The van der Waals surface area contributed by atoms with E-state index < -0.39 is 23.0 Å². The number of aromatic nitrogens is 10. The molecule has 6 aromatic heterocycles. The monoisotopic (exact) mass is 1960 g/mol. The number of aryl methyl sites for hydroxylation is 1. The van der Waals surface area contributed by atoms with Crippen LogP contribution in [0.3, 0.4) is 0 Å². The van der Waals surface area contributed by atoms with Gasteiger partial charge in [-0.1, -0.05) is 587 Å². The van der Waals surface area contributed by atoms with Gasteiger partial charge in [0.05, 0.1) is 0 Å². The molecule has 6 aromatic rings. The van der Waals surface area contributed by atoms with Gasteiger partial charge in [-0.3, -0.25) is 48.0 Å². The fraction of sp³-hybridized carbons (Fsp3) is 0.880. The fourth-order valence-electron chi connectivity index (χ4n) is 19.3. The fourth-order valence-corrected chi connectivity index (χ4v) is 19.3. The van der Waals surface area contributed by atoms with Gasteiger partial charge in [-0.15, -0.1) is 0 Å². The molecule has 3 atom stereocenters. The summed E-state index contributed by atoms with van der Waals surface area (Å²) < 4.78 is 28.9. The summed E-state index contributed by atoms with van der Waals surface area (Å²) in [6.45, 7) is 33.0. The van der Waals surface area contributed by atoms with E-state index in [1.807, 2.05) is 0 Å². The van der Waals surface area contributed by atoms with Crippen molar-refractivity contribution >= 4 is 0 Å². The maximum Gasteiger partial charge on any atom is 0.438 e. The van der Waals surface area contributed by atoms with Crippen LogP contribution < -0.4 is 34.5 Å². The van der Waals surface area contributed by atoms with Gasteiger partial charge in [0, 0.05) is 46.4 Å². The van der Waals surface area contributed by atoms with E-state index in [-0.39, 0.29) is 39.1 Å². The van der Waals surface area contributed by atoms with Crippen molar-refractivity contribution in [3.8, 4) is 0 Å². The third kappa shape index (κ3) is 71.0. The SMILES string of the molecule is CCCCCCCCCCCCCCC(C)(C)c1noc(=O)[nH]1.CCCCCCCCCCCCCCC(C)(CC)c1c[nH]c(=O)o1.CCCCCCCCCCCCCCC(C)(CC)c1noc(=O)[nH]1.CCCCCCCCCCCCCCC(C)c1noc(=O)[nH]1.CCCCCCCCCCCCCCC(CC)(CC)c1c[nH]c(=O)o1.CCCCCCCCCCCCCCCc1noc(=O)[nH]1. The topological polar surface area (TPSA) is 328 Å². The minimum Gasteiger partial charge on any atom is -0.413 e. The van der Waals surface area contributed by atoms with E-state index in [0.29, 0.717) is 23.3 Å². The lowest BCUT2D eigenvalue weighted by Gasteiger charge is -2.29.